The first-order chi connectivity index (χ1) is 11.3. The second kappa shape index (κ2) is 7.93. The van der Waals surface area contributed by atoms with E-state index in [1.54, 1.807) is 0 Å². The molecule has 1 fully saturated rings. The summed E-state index contributed by atoms with van der Waals surface area (Å²) in [5.41, 5.74) is 2.50. The zero-order valence-corrected chi connectivity index (χ0v) is 13.4. The van der Waals surface area contributed by atoms with Crippen molar-refractivity contribution < 1.29 is 4.79 Å². The van der Waals surface area contributed by atoms with Crippen LogP contribution in [0.4, 0.5) is 0 Å². The first-order valence-electron chi connectivity index (χ1n) is 8.42. The van der Waals surface area contributed by atoms with Gasteiger partial charge in [-0.25, -0.2) is 0 Å². The van der Waals surface area contributed by atoms with Crippen molar-refractivity contribution in [3.05, 3.63) is 71.8 Å². The third kappa shape index (κ3) is 4.42. The Bertz CT molecular complexity index is 571. The van der Waals surface area contributed by atoms with Crippen molar-refractivity contribution in [2.45, 2.75) is 38.4 Å². The van der Waals surface area contributed by atoms with Gasteiger partial charge < -0.3 is 5.32 Å². The number of hydrogen-bond donors (Lipinski definition) is 1. The molecule has 1 N–H and O–H groups in total. The maximum atomic E-state index is 12.5. The quantitative estimate of drug-likeness (QED) is 0.918. The molecule has 0 aromatic heterocycles. The van der Waals surface area contributed by atoms with Gasteiger partial charge in [-0.05, 0) is 30.4 Å². The zero-order valence-electron chi connectivity index (χ0n) is 13.4. The second-order valence-electron chi connectivity index (χ2n) is 6.18. The van der Waals surface area contributed by atoms with Gasteiger partial charge in [-0.15, -0.1) is 0 Å². The molecule has 3 heteroatoms. The molecule has 0 saturated carbocycles. The summed E-state index contributed by atoms with van der Waals surface area (Å²) in [5, 5.41) is 3.07. The molecule has 1 atom stereocenters. The highest BCUT2D eigenvalue weighted by Gasteiger charge is 2.27. The number of benzene rings is 2. The minimum absolute atomic E-state index is 0.0436. The molecule has 120 valence electrons. The van der Waals surface area contributed by atoms with E-state index in [1.807, 2.05) is 12.1 Å². The van der Waals surface area contributed by atoms with Crippen LogP contribution >= 0.6 is 0 Å². The molecule has 1 aliphatic rings. The van der Waals surface area contributed by atoms with E-state index in [4.69, 9.17) is 0 Å². The number of carbonyl (C=O) groups is 1. The normalized spacial score (nSPS) is 18.5. The van der Waals surface area contributed by atoms with Crippen molar-refractivity contribution in [3.63, 3.8) is 0 Å². The fraction of sp³-hybridized carbons (Fsp3) is 0.350. The number of rotatable bonds is 5. The van der Waals surface area contributed by atoms with Crippen LogP contribution in [0.1, 0.15) is 30.4 Å². The van der Waals surface area contributed by atoms with Crippen LogP contribution in [0.2, 0.25) is 0 Å². The Kier molecular flexibility index (Phi) is 5.43. The van der Waals surface area contributed by atoms with Crippen molar-refractivity contribution in [2.75, 3.05) is 6.54 Å². The minimum atomic E-state index is -0.0436. The SMILES string of the molecule is O=C1NCCCC[C@H]1N(Cc1ccccc1)Cc1ccccc1. The Hall–Kier alpha value is -2.13. The summed E-state index contributed by atoms with van der Waals surface area (Å²) in [6, 6.07) is 20.8. The molecule has 3 nitrogen and oxygen atoms in total. The molecule has 23 heavy (non-hydrogen) atoms. The lowest BCUT2D eigenvalue weighted by atomic mass is 10.1. The molecule has 0 unspecified atom stereocenters. The predicted octanol–water partition coefficient (Wildman–Crippen LogP) is 3.36. The van der Waals surface area contributed by atoms with Gasteiger partial charge in [0.15, 0.2) is 0 Å². The van der Waals surface area contributed by atoms with Crippen LogP contribution in [-0.2, 0) is 17.9 Å². The number of hydrogen-bond acceptors (Lipinski definition) is 2. The molecule has 1 amide bonds. The van der Waals surface area contributed by atoms with E-state index in [-0.39, 0.29) is 11.9 Å². The van der Waals surface area contributed by atoms with E-state index < -0.39 is 0 Å². The summed E-state index contributed by atoms with van der Waals surface area (Å²) in [5.74, 6) is 0.175. The maximum absolute atomic E-state index is 12.5. The van der Waals surface area contributed by atoms with Gasteiger partial charge in [0.2, 0.25) is 5.91 Å². The van der Waals surface area contributed by atoms with Crippen molar-refractivity contribution in [1.82, 2.24) is 10.2 Å². The number of amides is 1. The molecule has 0 radical (unpaired) electrons. The monoisotopic (exact) mass is 308 g/mol. The molecule has 0 bridgehead atoms. The largest absolute Gasteiger partial charge is 0.355 e. The summed E-state index contributed by atoms with van der Waals surface area (Å²) in [7, 11) is 0. The fourth-order valence-corrected chi connectivity index (χ4v) is 3.18. The first kappa shape index (κ1) is 15.8. The smallest absolute Gasteiger partial charge is 0.237 e. The number of carbonyl (C=O) groups excluding carboxylic acids is 1. The molecule has 1 aliphatic heterocycles. The summed E-state index contributed by atoms with van der Waals surface area (Å²) in [4.78, 5) is 14.8. The van der Waals surface area contributed by atoms with E-state index in [2.05, 4.69) is 58.7 Å². The molecule has 3 rings (SSSR count). The highest BCUT2D eigenvalue weighted by Crippen LogP contribution is 2.19. The summed E-state index contributed by atoms with van der Waals surface area (Å²) < 4.78 is 0. The molecule has 2 aromatic carbocycles. The van der Waals surface area contributed by atoms with Gasteiger partial charge in [0, 0.05) is 19.6 Å². The molecular formula is C20H24N2O. The molecule has 0 spiro atoms. The van der Waals surface area contributed by atoms with Gasteiger partial charge in [0.1, 0.15) is 0 Å². The minimum Gasteiger partial charge on any atom is -0.355 e. The standard InChI is InChI=1S/C20H24N2O/c23-20-19(13-7-8-14-21-20)22(15-17-9-3-1-4-10-17)16-18-11-5-2-6-12-18/h1-6,9-12,19H,7-8,13-16H2,(H,21,23)/t19-/m1/s1. The van der Waals surface area contributed by atoms with Crippen LogP contribution in [0.25, 0.3) is 0 Å². The van der Waals surface area contributed by atoms with E-state index in [0.717, 1.165) is 38.9 Å². The average molecular weight is 308 g/mol. The Morgan fingerprint density at radius 3 is 2.00 bits per heavy atom. The summed E-state index contributed by atoms with van der Waals surface area (Å²) >= 11 is 0. The Balaban J connectivity index is 1.81. The van der Waals surface area contributed by atoms with Crippen LogP contribution in [0, 0.1) is 0 Å². The van der Waals surface area contributed by atoms with Crippen molar-refractivity contribution in [3.8, 4) is 0 Å². The van der Waals surface area contributed by atoms with Crippen molar-refractivity contribution in [1.29, 1.82) is 0 Å². The lowest BCUT2D eigenvalue weighted by Gasteiger charge is -2.30. The Morgan fingerprint density at radius 2 is 1.43 bits per heavy atom. The number of nitrogens with zero attached hydrogens (tertiary/aromatic N) is 1. The van der Waals surface area contributed by atoms with Crippen molar-refractivity contribution >= 4 is 5.91 Å². The maximum Gasteiger partial charge on any atom is 0.237 e. The first-order valence-corrected chi connectivity index (χ1v) is 8.42. The molecule has 1 saturated heterocycles. The summed E-state index contributed by atoms with van der Waals surface area (Å²) in [6.45, 7) is 2.40. The van der Waals surface area contributed by atoms with Gasteiger partial charge in [-0.3, -0.25) is 9.69 Å². The molecule has 0 aliphatic carbocycles. The lowest BCUT2D eigenvalue weighted by molar-refractivity contribution is -0.126. The van der Waals surface area contributed by atoms with Crippen molar-refractivity contribution in [2.24, 2.45) is 0 Å². The van der Waals surface area contributed by atoms with Crippen LogP contribution in [0.5, 0.6) is 0 Å². The third-order valence-electron chi connectivity index (χ3n) is 4.40. The number of nitrogens with one attached hydrogen (secondary N) is 1. The van der Waals surface area contributed by atoms with E-state index in [0.29, 0.717) is 0 Å². The molecular weight excluding hydrogens is 284 g/mol. The van der Waals surface area contributed by atoms with Gasteiger partial charge in [-0.1, -0.05) is 60.7 Å². The van der Waals surface area contributed by atoms with Crippen LogP contribution in [0.3, 0.4) is 0 Å². The third-order valence-corrected chi connectivity index (χ3v) is 4.40. The predicted molar refractivity (Wildman–Crippen MR) is 92.8 cm³/mol. The van der Waals surface area contributed by atoms with Crippen LogP contribution in [0.15, 0.2) is 60.7 Å². The van der Waals surface area contributed by atoms with Crippen LogP contribution < -0.4 is 5.32 Å². The highest BCUT2D eigenvalue weighted by molar-refractivity contribution is 5.81. The van der Waals surface area contributed by atoms with E-state index in [9.17, 15) is 4.79 Å². The van der Waals surface area contributed by atoms with Crippen LogP contribution in [-0.4, -0.2) is 23.4 Å². The van der Waals surface area contributed by atoms with E-state index in [1.165, 1.54) is 11.1 Å². The van der Waals surface area contributed by atoms with Gasteiger partial charge in [0.05, 0.1) is 6.04 Å². The van der Waals surface area contributed by atoms with Gasteiger partial charge >= 0.3 is 0 Å². The van der Waals surface area contributed by atoms with Gasteiger partial charge in [0.25, 0.3) is 0 Å². The molecule has 2 aromatic rings. The summed E-state index contributed by atoms with van der Waals surface area (Å²) in [6.07, 6.45) is 3.11. The second-order valence-corrected chi connectivity index (χ2v) is 6.18. The topological polar surface area (TPSA) is 32.3 Å². The average Bonchev–Trinajstić information content (AvgIpc) is 2.81. The Labute approximate surface area is 138 Å². The van der Waals surface area contributed by atoms with Gasteiger partial charge in [-0.2, -0.15) is 0 Å². The molecule has 1 heterocycles. The Morgan fingerprint density at radius 1 is 0.870 bits per heavy atom. The fourth-order valence-electron chi connectivity index (χ4n) is 3.18. The van der Waals surface area contributed by atoms with E-state index >= 15 is 0 Å². The lowest BCUT2D eigenvalue weighted by Crippen LogP contribution is -2.45. The zero-order chi connectivity index (χ0) is 15.9. The highest BCUT2D eigenvalue weighted by atomic mass is 16.2.